The van der Waals surface area contributed by atoms with E-state index in [0.717, 1.165) is 13.0 Å². The van der Waals surface area contributed by atoms with E-state index in [9.17, 15) is 4.79 Å². The van der Waals surface area contributed by atoms with Crippen LogP contribution in [0.5, 0.6) is 5.88 Å². The summed E-state index contributed by atoms with van der Waals surface area (Å²) in [6.07, 6.45) is 5.13. The van der Waals surface area contributed by atoms with Gasteiger partial charge in [0.05, 0.1) is 12.7 Å². The number of carbonyl (C=O) groups excluding carboxylic acids is 1. The van der Waals surface area contributed by atoms with Gasteiger partial charge < -0.3 is 14.8 Å². The van der Waals surface area contributed by atoms with E-state index in [1.54, 1.807) is 18.3 Å². The van der Waals surface area contributed by atoms with Crippen molar-refractivity contribution in [1.82, 2.24) is 10.3 Å². The fraction of sp³-hybridized carbons (Fsp3) is 0.538. The SMILES string of the molecule is COC(=O)c1ccnc(OCC2CCCCN2)c1. The number of nitrogens with one attached hydrogen (secondary N) is 1. The number of carbonyl (C=O) groups is 1. The summed E-state index contributed by atoms with van der Waals surface area (Å²) in [7, 11) is 1.36. The maximum Gasteiger partial charge on any atom is 0.338 e. The average Bonchev–Trinajstić information content (AvgIpc) is 2.45. The molecule has 1 N–H and O–H groups in total. The Labute approximate surface area is 107 Å². The van der Waals surface area contributed by atoms with Crippen LogP contribution in [0.4, 0.5) is 0 Å². The zero-order valence-electron chi connectivity index (χ0n) is 10.5. The molecule has 1 aromatic heterocycles. The molecule has 1 fully saturated rings. The summed E-state index contributed by atoms with van der Waals surface area (Å²) in [6.45, 7) is 1.63. The van der Waals surface area contributed by atoms with Crippen LogP contribution in [0, 0.1) is 0 Å². The van der Waals surface area contributed by atoms with Crippen LogP contribution >= 0.6 is 0 Å². The lowest BCUT2D eigenvalue weighted by atomic mass is 10.1. The summed E-state index contributed by atoms with van der Waals surface area (Å²) < 4.78 is 10.3. The second-order valence-electron chi connectivity index (χ2n) is 4.33. The van der Waals surface area contributed by atoms with Gasteiger partial charge >= 0.3 is 5.97 Å². The van der Waals surface area contributed by atoms with Gasteiger partial charge in [-0.3, -0.25) is 0 Å². The Kier molecular flexibility index (Phi) is 4.52. The zero-order chi connectivity index (χ0) is 12.8. The van der Waals surface area contributed by atoms with E-state index in [0.29, 0.717) is 24.1 Å². The van der Waals surface area contributed by atoms with E-state index in [1.807, 2.05) is 0 Å². The predicted molar refractivity (Wildman–Crippen MR) is 66.7 cm³/mol. The Bertz CT molecular complexity index is 403. The van der Waals surface area contributed by atoms with Crippen molar-refractivity contribution in [2.75, 3.05) is 20.3 Å². The number of piperidine rings is 1. The zero-order valence-corrected chi connectivity index (χ0v) is 10.5. The van der Waals surface area contributed by atoms with E-state index in [1.165, 1.54) is 20.0 Å². The molecule has 18 heavy (non-hydrogen) atoms. The molecule has 1 aliphatic heterocycles. The molecule has 5 nitrogen and oxygen atoms in total. The molecular weight excluding hydrogens is 232 g/mol. The molecule has 0 aromatic carbocycles. The van der Waals surface area contributed by atoms with Crippen LogP contribution in [-0.4, -0.2) is 37.3 Å². The number of methoxy groups -OCH3 is 1. The molecule has 1 saturated heterocycles. The Hall–Kier alpha value is -1.62. The molecule has 0 saturated carbocycles. The van der Waals surface area contributed by atoms with Crippen LogP contribution in [0.25, 0.3) is 0 Å². The Morgan fingerprint density at radius 3 is 3.17 bits per heavy atom. The third kappa shape index (κ3) is 3.43. The first-order valence-corrected chi connectivity index (χ1v) is 6.20. The van der Waals surface area contributed by atoms with Gasteiger partial charge in [0, 0.05) is 18.3 Å². The highest BCUT2D eigenvalue weighted by Gasteiger charge is 2.14. The Morgan fingerprint density at radius 1 is 1.56 bits per heavy atom. The molecule has 2 heterocycles. The van der Waals surface area contributed by atoms with Crippen molar-refractivity contribution >= 4 is 5.97 Å². The van der Waals surface area contributed by atoms with Crippen LogP contribution in [0.3, 0.4) is 0 Å². The van der Waals surface area contributed by atoms with Crippen LogP contribution in [0.2, 0.25) is 0 Å². The van der Waals surface area contributed by atoms with Crippen molar-refractivity contribution in [3.8, 4) is 5.88 Å². The lowest BCUT2D eigenvalue weighted by Gasteiger charge is -2.23. The van der Waals surface area contributed by atoms with Gasteiger partial charge in [0.15, 0.2) is 0 Å². The van der Waals surface area contributed by atoms with E-state index in [4.69, 9.17) is 4.74 Å². The third-order valence-electron chi connectivity index (χ3n) is 3.00. The van der Waals surface area contributed by atoms with Gasteiger partial charge in [0.25, 0.3) is 0 Å². The number of hydrogen-bond acceptors (Lipinski definition) is 5. The number of rotatable bonds is 4. The molecule has 0 spiro atoms. The second-order valence-corrected chi connectivity index (χ2v) is 4.33. The van der Waals surface area contributed by atoms with Gasteiger partial charge in [-0.05, 0) is 25.5 Å². The first-order chi connectivity index (χ1) is 8.79. The topological polar surface area (TPSA) is 60.5 Å². The fourth-order valence-corrected chi connectivity index (χ4v) is 1.99. The summed E-state index contributed by atoms with van der Waals surface area (Å²) in [5.41, 5.74) is 0.458. The van der Waals surface area contributed by atoms with Crippen LogP contribution in [-0.2, 0) is 4.74 Å². The van der Waals surface area contributed by atoms with Crippen LogP contribution in [0.15, 0.2) is 18.3 Å². The number of hydrogen-bond donors (Lipinski definition) is 1. The van der Waals surface area contributed by atoms with E-state index in [-0.39, 0.29) is 5.97 Å². The first kappa shape index (κ1) is 12.8. The highest BCUT2D eigenvalue weighted by Crippen LogP contribution is 2.12. The highest BCUT2D eigenvalue weighted by molar-refractivity contribution is 5.89. The summed E-state index contributed by atoms with van der Waals surface area (Å²) in [6, 6.07) is 3.59. The van der Waals surface area contributed by atoms with E-state index < -0.39 is 0 Å². The number of nitrogens with zero attached hydrogens (tertiary/aromatic N) is 1. The summed E-state index contributed by atoms with van der Waals surface area (Å²) >= 11 is 0. The van der Waals surface area contributed by atoms with Gasteiger partial charge in [-0.25, -0.2) is 9.78 Å². The third-order valence-corrected chi connectivity index (χ3v) is 3.00. The lowest BCUT2D eigenvalue weighted by Crippen LogP contribution is -2.38. The van der Waals surface area contributed by atoms with Crippen molar-refractivity contribution in [3.05, 3.63) is 23.9 Å². The molecule has 1 unspecified atom stereocenters. The highest BCUT2D eigenvalue weighted by atomic mass is 16.5. The molecule has 2 rings (SSSR count). The molecule has 0 bridgehead atoms. The van der Waals surface area contributed by atoms with Gasteiger partial charge in [0.2, 0.25) is 5.88 Å². The second kappa shape index (κ2) is 6.35. The number of esters is 1. The largest absolute Gasteiger partial charge is 0.476 e. The quantitative estimate of drug-likeness (QED) is 0.818. The minimum atomic E-state index is -0.377. The average molecular weight is 250 g/mol. The maximum absolute atomic E-state index is 11.4. The maximum atomic E-state index is 11.4. The number of ether oxygens (including phenoxy) is 2. The Balaban J connectivity index is 1.90. The van der Waals surface area contributed by atoms with Crippen LogP contribution < -0.4 is 10.1 Å². The normalized spacial score (nSPS) is 19.3. The molecule has 1 aliphatic rings. The molecule has 5 heteroatoms. The fourth-order valence-electron chi connectivity index (χ4n) is 1.99. The molecule has 0 aliphatic carbocycles. The monoisotopic (exact) mass is 250 g/mol. The van der Waals surface area contributed by atoms with Crippen molar-refractivity contribution in [3.63, 3.8) is 0 Å². The molecule has 1 atom stereocenters. The van der Waals surface area contributed by atoms with Gasteiger partial charge in [-0.2, -0.15) is 0 Å². The smallest absolute Gasteiger partial charge is 0.338 e. The summed E-state index contributed by atoms with van der Waals surface area (Å²) in [5, 5.41) is 3.39. The van der Waals surface area contributed by atoms with E-state index >= 15 is 0 Å². The van der Waals surface area contributed by atoms with Gasteiger partial charge in [-0.1, -0.05) is 6.42 Å². The molecule has 0 radical (unpaired) electrons. The Morgan fingerprint density at radius 2 is 2.44 bits per heavy atom. The molecular formula is C13H18N2O3. The van der Waals surface area contributed by atoms with Crippen molar-refractivity contribution in [1.29, 1.82) is 0 Å². The number of pyridine rings is 1. The molecule has 1 aromatic rings. The standard InChI is InChI=1S/C13H18N2O3/c1-17-13(16)10-5-7-15-12(8-10)18-9-11-4-2-3-6-14-11/h5,7-8,11,14H,2-4,6,9H2,1H3. The lowest BCUT2D eigenvalue weighted by molar-refractivity contribution is 0.0600. The summed E-state index contributed by atoms with van der Waals surface area (Å²) in [5.74, 6) is 0.0864. The summed E-state index contributed by atoms with van der Waals surface area (Å²) in [4.78, 5) is 15.4. The van der Waals surface area contributed by atoms with Crippen molar-refractivity contribution < 1.29 is 14.3 Å². The van der Waals surface area contributed by atoms with Crippen LogP contribution in [0.1, 0.15) is 29.6 Å². The van der Waals surface area contributed by atoms with Gasteiger partial charge in [0.1, 0.15) is 6.61 Å². The first-order valence-electron chi connectivity index (χ1n) is 6.20. The van der Waals surface area contributed by atoms with E-state index in [2.05, 4.69) is 15.0 Å². The van der Waals surface area contributed by atoms with Gasteiger partial charge in [-0.15, -0.1) is 0 Å². The number of aromatic nitrogens is 1. The minimum Gasteiger partial charge on any atom is -0.476 e. The molecule has 98 valence electrons. The minimum absolute atomic E-state index is 0.377. The van der Waals surface area contributed by atoms with Crippen molar-refractivity contribution in [2.24, 2.45) is 0 Å². The van der Waals surface area contributed by atoms with Crippen molar-refractivity contribution in [2.45, 2.75) is 25.3 Å². The predicted octanol–water partition coefficient (Wildman–Crippen LogP) is 1.39. The molecule has 0 amide bonds.